The van der Waals surface area contributed by atoms with Crippen LogP contribution in [0.25, 0.3) is 0 Å². The van der Waals surface area contributed by atoms with Gasteiger partial charge in [0.2, 0.25) is 0 Å². The van der Waals surface area contributed by atoms with Gasteiger partial charge in [-0.25, -0.2) is 0 Å². The van der Waals surface area contributed by atoms with Crippen molar-refractivity contribution in [3.63, 3.8) is 0 Å². The highest BCUT2D eigenvalue weighted by Crippen LogP contribution is 2.46. The molecule has 2 aliphatic heterocycles. The average Bonchev–Trinajstić information content (AvgIpc) is 3.12. The molecule has 0 amide bonds. The Morgan fingerprint density at radius 2 is 1.07 bits per heavy atom. The highest BCUT2D eigenvalue weighted by Gasteiger charge is 2.75. The van der Waals surface area contributed by atoms with Crippen LogP contribution in [0.4, 0.5) is 0 Å². The second-order valence-electron chi connectivity index (χ2n) is 2.52. The molecule has 0 saturated carbocycles. The maximum Gasteiger partial charge on any atom is 0.300 e. The standard InChI is InChI=1S/C6N4O.C2H4O/c7-1-5(2-8)6(3-9,4-10)11-5;1-2-3-1/h;1-2H2. The van der Waals surface area contributed by atoms with Gasteiger partial charge < -0.3 is 9.47 Å². The average molecular weight is 188 g/mol. The van der Waals surface area contributed by atoms with E-state index in [0.717, 1.165) is 13.2 Å². The Morgan fingerprint density at radius 1 is 0.786 bits per heavy atom. The van der Waals surface area contributed by atoms with Gasteiger partial charge in [0.25, 0.3) is 11.2 Å². The molecule has 0 radical (unpaired) electrons. The van der Waals surface area contributed by atoms with Gasteiger partial charge in [0.15, 0.2) is 0 Å². The first-order valence-electron chi connectivity index (χ1n) is 3.63. The Bertz CT molecular complexity index is 334. The van der Waals surface area contributed by atoms with Crippen molar-refractivity contribution in [1.29, 1.82) is 21.0 Å². The van der Waals surface area contributed by atoms with Gasteiger partial charge in [-0.3, -0.25) is 0 Å². The van der Waals surface area contributed by atoms with Gasteiger partial charge in [0, 0.05) is 0 Å². The quantitative estimate of drug-likeness (QED) is 0.477. The van der Waals surface area contributed by atoms with Crippen LogP contribution in [-0.2, 0) is 9.47 Å². The number of epoxide rings is 2. The number of ether oxygens (including phenoxy) is 2. The molecule has 0 bridgehead atoms. The number of hydrogen-bond donors (Lipinski definition) is 0. The van der Waals surface area contributed by atoms with Crippen molar-refractivity contribution in [3.8, 4) is 24.3 Å². The smallest absolute Gasteiger partial charge is 0.300 e. The molecule has 6 nitrogen and oxygen atoms in total. The summed E-state index contributed by atoms with van der Waals surface area (Å²) in [5, 5.41) is 33.4. The lowest BCUT2D eigenvalue weighted by atomic mass is 9.98. The predicted molar refractivity (Wildman–Crippen MR) is 39.8 cm³/mol. The molecule has 2 fully saturated rings. The Balaban J connectivity index is 0.000000276. The van der Waals surface area contributed by atoms with Crippen LogP contribution in [0.2, 0.25) is 0 Å². The first-order chi connectivity index (χ1) is 6.70. The zero-order chi connectivity index (χ0) is 10.7. The van der Waals surface area contributed by atoms with Gasteiger partial charge in [-0.05, 0) is 0 Å². The van der Waals surface area contributed by atoms with Crippen LogP contribution in [0.5, 0.6) is 0 Å². The second-order valence-corrected chi connectivity index (χ2v) is 2.52. The van der Waals surface area contributed by atoms with E-state index in [2.05, 4.69) is 9.47 Å². The van der Waals surface area contributed by atoms with Crippen LogP contribution in [-0.4, -0.2) is 24.4 Å². The molecule has 0 aliphatic carbocycles. The summed E-state index contributed by atoms with van der Waals surface area (Å²) in [6.07, 6.45) is 0. The maximum absolute atomic E-state index is 8.35. The minimum atomic E-state index is -1.86. The summed E-state index contributed by atoms with van der Waals surface area (Å²) < 4.78 is 8.94. The molecule has 0 N–H and O–H groups in total. The van der Waals surface area contributed by atoms with Crippen molar-refractivity contribution in [2.24, 2.45) is 0 Å². The molecule has 0 aromatic rings. The van der Waals surface area contributed by atoms with E-state index in [1.165, 1.54) is 24.3 Å². The van der Waals surface area contributed by atoms with Crippen molar-refractivity contribution in [2.45, 2.75) is 11.2 Å². The lowest BCUT2D eigenvalue weighted by molar-refractivity contribution is 0.361. The molecule has 68 valence electrons. The van der Waals surface area contributed by atoms with Gasteiger partial charge in [0.1, 0.15) is 24.3 Å². The lowest BCUT2D eigenvalue weighted by Gasteiger charge is -1.84. The molecule has 2 heterocycles. The first-order valence-corrected chi connectivity index (χ1v) is 3.63. The van der Waals surface area contributed by atoms with E-state index in [1.54, 1.807) is 0 Å². The van der Waals surface area contributed by atoms with Crippen molar-refractivity contribution in [1.82, 2.24) is 0 Å². The third kappa shape index (κ3) is 1.37. The fraction of sp³-hybridized carbons (Fsp3) is 0.500. The molecule has 0 spiro atoms. The van der Waals surface area contributed by atoms with Gasteiger partial charge in [-0.1, -0.05) is 0 Å². The zero-order valence-electron chi connectivity index (χ0n) is 7.02. The first kappa shape index (κ1) is 9.96. The second kappa shape index (κ2) is 3.32. The highest BCUT2D eigenvalue weighted by atomic mass is 16.6. The molecule has 0 aromatic carbocycles. The topological polar surface area (TPSA) is 120 Å². The summed E-state index contributed by atoms with van der Waals surface area (Å²) in [7, 11) is 0. The molecule has 2 aliphatic rings. The van der Waals surface area contributed by atoms with Crippen molar-refractivity contribution >= 4 is 0 Å². The van der Waals surface area contributed by atoms with E-state index in [1.807, 2.05) is 0 Å². The molecule has 0 unspecified atom stereocenters. The molecule has 14 heavy (non-hydrogen) atoms. The Morgan fingerprint density at radius 3 is 1.14 bits per heavy atom. The van der Waals surface area contributed by atoms with Crippen molar-refractivity contribution in [2.75, 3.05) is 13.2 Å². The molecule has 6 heteroatoms. The molecular formula is C8H4N4O2. The van der Waals surface area contributed by atoms with E-state index in [4.69, 9.17) is 21.0 Å². The van der Waals surface area contributed by atoms with Crippen LogP contribution in [0.3, 0.4) is 0 Å². The molecule has 2 rings (SSSR count). The fourth-order valence-corrected chi connectivity index (χ4v) is 0.660. The van der Waals surface area contributed by atoms with E-state index in [0.29, 0.717) is 0 Å². The Labute approximate surface area is 80.1 Å². The maximum atomic E-state index is 8.35. The van der Waals surface area contributed by atoms with Crippen LogP contribution >= 0.6 is 0 Å². The largest absolute Gasteiger partial charge is 0.377 e. The van der Waals surface area contributed by atoms with E-state index >= 15 is 0 Å². The van der Waals surface area contributed by atoms with E-state index < -0.39 is 11.2 Å². The summed E-state index contributed by atoms with van der Waals surface area (Å²) in [5.74, 6) is 0. The normalized spacial score (nSPS) is 22.0. The van der Waals surface area contributed by atoms with Crippen LogP contribution < -0.4 is 0 Å². The SMILES string of the molecule is C1CO1.N#CC1(C#N)OC1(C#N)C#N. The Hall–Kier alpha value is -2.12. The van der Waals surface area contributed by atoms with Crippen LogP contribution in [0, 0.1) is 45.3 Å². The fourth-order valence-electron chi connectivity index (χ4n) is 0.660. The summed E-state index contributed by atoms with van der Waals surface area (Å²) in [6, 6.07) is 5.87. The van der Waals surface area contributed by atoms with Crippen molar-refractivity contribution < 1.29 is 9.47 Å². The molecule has 0 atom stereocenters. The van der Waals surface area contributed by atoms with Gasteiger partial charge in [0.05, 0.1) is 13.2 Å². The summed E-state index contributed by atoms with van der Waals surface area (Å²) in [4.78, 5) is 0. The van der Waals surface area contributed by atoms with Crippen LogP contribution in [0.1, 0.15) is 0 Å². The van der Waals surface area contributed by atoms with E-state index in [9.17, 15) is 0 Å². The summed E-state index contributed by atoms with van der Waals surface area (Å²) in [6.45, 7) is 2.00. The van der Waals surface area contributed by atoms with Crippen molar-refractivity contribution in [3.05, 3.63) is 0 Å². The molecular weight excluding hydrogens is 184 g/mol. The lowest BCUT2D eigenvalue weighted by Crippen LogP contribution is -2.19. The zero-order valence-corrected chi connectivity index (χ0v) is 7.02. The minimum Gasteiger partial charge on any atom is -0.377 e. The van der Waals surface area contributed by atoms with Gasteiger partial charge >= 0.3 is 0 Å². The highest BCUT2D eigenvalue weighted by molar-refractivity contribution is 5.50. The molecule has 2 saturated heterocycles. The van der Waals surface area contributed by atoms with Gasteiger partial charge in [-0.15, -0.1) is 0 Å². The Kier molecular flexibility index (Phi) is 2.36. The summed E-state index contributed by atoms with van der Waals surface area (Å²) >= 11 is 0. The van der Waals surface area contributed by atoms with Crippen LogP contribution in [0.15, 0.2) is 0 Å². The minimum absolute atomic E-state index is 1.00. The number of nitriles is 4. The third-order valence-electron chi connectivity index (χ3n) is 1.59. The number of rotatable bonds is 0. The van der Waals surface area contributed by atoms with Gasteiger partial charge in [-0.2, -0.15) is 21.0 Å². The summed E-state index contributed by atoms with van der Waals surface area (Å²) in [5.41, 5.74) is -3.73. The predicted octanol–water partition coefficient (Wildman–Crippen LogP) is -0.395. The number of hydrogen-bond acceptors (Lipinski definition) is 6. The number of nitrogens with zero attached hydrogens (tertiary/aromatic N) is 4. The third-order valence-corrected chi connectivity index (χ3v) is 1.59. The monoisotopic (exact) mass is 188 g/mol. The molecule has 0 aromatic heterocycles. The van der Waals surface area contributed by atoms with E-state index in [-0.39, 0.29) is 0 Å².